The third-order valence-corrected chi connectivity index (χ3v) is 4.82. The van der Waals surface area contributed by atoms with Crippen LogP contribution in [0.25, 0.3) is 0 Å². The molecule has 0 aliphatic carbocycles. The topological polar surface area (TPSA) is 51.0 Å². The summed E-state index contributed by atoms with van der Waals surface area (Å²) in [4.78, 5) is 14.5. The maximum absolute atomic E-state index is 12.7. The van der Waals surface area contributed by atoms with Gasteiger partial charge in [-0.15, -0.1) is 10.2 Å². The predicted molar refractivity (Wildman–Crippen MR) is 85.3 cm³/mol. The molecule has 0 N–H and O–H groups in total. The Labute approximate surface area is 138 Å². The highest BCUT2D eigenvalue weighted by Gasteiger charge is 2.29. The summed E-state index contributed by atoms with van der Waals surface area (Å²) in [6.07, 6.45) is 3.62. The zero-order chi connectivity index (χ0) is 15.7. The van der Waals surface area contributed by atoms with Gasteiger partial charge in [0, 0.05) is 26.1 Å². The van der Waals surface area contributed by atoms with Gasteiger partial charge in [0.1, 0.15) is 12.2 Å². The molecule has 7 heteroatoms. The number of benzene rings is 1. The number of piperidine rings is 1. The van der Waals surface area contributed by atoms with E-state index in [4.69, 9.17) is 23.2 Å². The number of nitrogens with zero attached hydrogens (tertiary/aromatic N) is 4. The first-order chi connectivity index (χ1) is 10.6. The Morgan fingerprint density at radius 3 is 2.91 bits per heavy atom. The monoisotopic (exact) mass is 338 g/mol. The fourth-order valence-electron chi connectivity index (χ4n) is 2.87. The number of aryl methyl sites for hydroxylation is 1. The van der Waals surface area contributed by atoms with Gasteiger partial charge >= 0.3 is 0 Å². The van der Waals surface area contributed by atoms with Gasteiger partial charge in [-0.05, 0) is 25.0 Å². The standard InChI is InChI=1S/C15H16Cl2N4O/c1-20-9-18-19-14(20)10-4-3-7-21(8-10)15(22)11-5-2-6-12(16)13(11)17/h2,5-6,9-10H,3-4,7-8H2,1H3/t10-/m0/s1. The number of halogens is 2. The van der Waals surface area contributed by atoms with Gasteiger partial charge in [0.15, 0.2) is 0 Å². The molecule has 0 radical (unpaired) electrons. The molecular weight excluding hydrogens is 323 g/mol. The molecule has 1 fully saturated rings. The van der Waals surface area contributed by atoms with Crippen LogP contribution in [0.5, 0.6) is 0 Å². The number of carbonyl (C=O) groups is 1. The van der Waals surface area contributed by atoms with E-state index in [1.165, 1.54) is 0 Å². The third kappa shape index (κ3) is 2.83. The van der Waals surface area contributed by atoms with Crippen molar-refractivity contribution in [3.8, 4) is 0 Å². The summed E-state index contributed by atoms with van der Waals surface area (Å²) in [5.41, 5.74) is 0.452. The summed E-state index contributed by atoms with van der Waals surface area (Å²) in [5, 5.41) is 8.80. The van der Waals surface area contributed by atoms with E-state index in [2.05, 4.69) is 10.2 Å². The normalized spacial score (nSPS) is 18.5. The molecule has 2 heterocycles. The lowest BCUT2D eigenvalue weighted by Gasteiger charge is -2.32. The van der Waals surface area contributed by atoms with E-state index >= 15 is 0 Å². The van der Waals surface area contributed by atoms with Crippen molar-refractivity contribution >= 4 is 29.1 Å². The third-order valence-electron chi connectivity index (χ3n) is 4.00. The van der Waals surface area contributed by atoms with Crippen LogP contribution < -0.4 is 0 Å². The van der Waals surface area contributed by atoms with Crippen LogP contribution in [-0.2, 0) is 7.05 Å². The number of aromatic nitrogens is 3. The van der Waals surface area contributed by atoms with Crippen molar-refractivity contribution < 1.29 is 4.79 Å². The minimum absolute atomic E-state index is 0.0839. The van der Waals surface area contributed by atoms with E-state index < -0.39 is 0 Å². The summed E-state index contributed by atoms with van der Waals surface area (Å²) in [7, 11) is 1.92. The highest BCUT2D eigenvalue weighted by atomic mass is 35.5. The Hall–Kier alpha value is -1.59. The molecule has 22 heavy (non-hydrogen) atoms. The summed E-state index contributed by atoms with van der Waals surface area (Å²) in [6.45, 7) is 1.34. The molecular formula is C15H16Cl2N4O. The molecule has 3 rings (SSSR count). The molecule has 1 amide bonds. The fourth-order valence-corrected chi connectivity index (χ4v) is 3.25. The molecule has 1 aromatic carbocycles. The SMILES string of the molecule is Cn1cnnc1[C@H]1CCCN(C(=O)c2cccc(Cl)c2Cl)C1. The van der Waals surface area contributed by atoms with Crippen molar-refractivity contribution in [1.29, 1.82) is 0 Å². The van der Waals surface area contributed by atoms with E-state index in [-0.39, 0.29) is 11.8 Å². The van der Waals surface area contributed by atoms with Gasteiger partial charge in [-0.3, -0.25) is 4.79 Å². The second-order valence-corrected chi connectivity index (χ2v) is 6.28. The molecule has 1 atom stereocenters. The van der Waals surface area contributed by atoms with E-state index in [9.17, 15) is 4.79 Å². The minimum Gasteiger partial charge on any atom is -0.338 e. The van der Waals surface area contributed by atoms with Crippen LogP contribution in [0.2, 0.25) is 10.0 Å². The number of likely N-dealkylation sites (tertiary alicyclic amines) is 1. The second kappa shape index (κ2) is 6.26. The average molecular weight is 339 g/mol. The molecule has 1 aliphatic rings. The average Bonchev–Trinajstić information content (AvgIpc) is 2.96. The number of hydrogen-bond donors (Lipinski definition) is 0. The quantitative estimate of drug-likeness (QED) is 0.845. The van der Waals surface area contributed by atoms with E-state index in [1.807, 2.05) is 16.5 Å². The van der Waals surface area contributed by atoms with Gasteiger partial charge in [-0.25, -0.2) is 0 Å². The van der Waals surface area contributed by atoms with Crippen molar-refractivity contribution in [2.45, 2.75) is 18.8 Å². The number of rotatable bonds is 2. The Morgan fingerprint density at radius 2 is 2.18 bits per heavy atom. The van der Waals surface area contributed by atoms with Gasteiger partial charge in [0.2, 0.25) is 0 Å². The molecule has 5 nitrogen and oxygen atoms in total. The lowest BCUT2D eigenvalue weighted by atomic mass is 9.96. The van der Waals surface area contributed by atoms with Crippen LogP contribution in [0.15, 0.2) is 24.5 Å². The first-order valence-electron chi connectivity index (χ1n) is 7.15. The van der Waals surface area contributed by atoms with Gasteiger partial charge in [0.05, 0.1) is 15.6 Å². The van der Waals surface area contributed by atoms with E-state index in [1.54, 1.807) is 24.5 Å². The Balaban J connectivity index is 1.81. The highest BCUT2D eigenvalue weighted by molar-refractivity contribution is 6.43. The zero-order valence-electron chi connectivity index (χ0n) is 12.2. The van der Waals surface area contributed by atoms with Crippen molar-refractivity contribution in [2.24, 2.45) is 7.05 Å². The molecule has 1 aromatic heterocycles. The summed E-state index contributed by atoms with van der Waals surface area (Å²) < 4.78 is 1.91. The van der Waals surface area contributed by atoms with Crippen LogP contribution in [0.4, 0.5) is 0 Å². The largest absolute Gasteiger partial charge is 0.338 e. The summed E-state index contributed by atoms with van der Waals surface area (Å²) >= 11 is 12.2. The maximum atomic E-state index is 12.7. The lowest BCUT2D eigenvalue weighted by Crippen LogP contribution is -2.39. The molecule has 116 valence electrons. The maximum Gasteiger partial charge on any atom is 0.255 e. The summed E-state index contributed by atoms with van der Waals surface area (Å²) in [5.74, 6) is 1.03. The molecule has 1 aliphatic heterocycles. The van der Waals surface area contributed by atoms with Gasteiger partial charge in [-0.2, -0.15) is 0 Å². The predicted octanol–water partition coefficient (Wildman–Crippen LogP) is 3.14. The lowest BCUT2D eigenvalue weighted by molar-refractivity contribution is 0.0703. The first kappa shape index (κ1) is 15.3. The van der Waals surface area contributed by atoms with Crippen LogP contribution in [0, 0.1) is 0 Å². The molecule has 0 unspecified atom stereocenters. The van der Waals surface area contributed by atoms with Gasteiger partial charge in [-0.1, -0.05) is 29.3 Å². The second-order valence-electron chi connectivity index (χ2n) is 5.49. The fraction of sp³-hybridized carbons (Fsp3) is 0.400. The Morgan fingerprint density at radius 1 is 1.36 bits per heavy atom. The molecule has 2 aromatic rings. The van der Waals surface area contributed by atoms with E-state index in [0.717, 1.165) is 25.2 Å². The first-order valence-corrected chi connectivity index (χ1v) is 7.90. The van der Waals surface area contributed by atoms with Crippen molar-refractivity contribution in [1.82, 2.24) is 19.7 Å². The molecule has 0 saturated carbocycles. The molecule has 0 bridgehead atoms. The van der Waals surface area contributed by atoms with Gasteiger partial charge < -0.3 is 9.47 Å². The van der Waals surface area contributed by atoms with Gasteiger partial charge in [0.25, 0.3) is 5.91 Å². The minimum atomic E-state index is -0.0839. The number of carbonyl (C=O) groups excluding carboxylic acids is 1. The number of hydrogen-bond acceptors (Lipinski definition) is 3. The van der Waals surface area contributed by atoms with Crippen molar-refractivity contribution in [3.63, 3.8) is 0 Å². The Kier molecular flexibility index (Phi) is 4.36. The van der Waals surface area contributed by atoms with Crippen molar-refractivity contribution in [3.05, 3.63) is 46.0 Å². The molecule has 1 saturated heterocycles. The smallest absolute Gasteiger partial charge is 0.255 e. The summed E-state index contributed by atoms with van der Waals surface area (Å²) in [6, 6.07) is 5.13. The van der Waals surface area contributed by atoms with Crippen LogP contribution in [0.3, 0.4) is 0 Å². The van der Waals surface area contributed by atoms with E-state index in [0.29, 0.717) is 22.2 Å². The Bertz CT molecular complexity index is 701. The number of amides is 1. The zero-order valence-corrected chi connectivity index (χ0v) is 13.7. The van der Waals surface area contributed by atoms with Crippen LogP contribution >= 0.6 is 23.2 Å². The van der Waals surface area contributed by atoms with Crippen LogP contribution in [0.1, 0.15) is 34.9 Å². The molecule has 0 spiro atoms. The highest BCUT2D eigenvalue weighted by Crippen LogP contribution is 2.30. The van der Waals surface area contributed by atoms with Crippen molar-refractivity contribution in [2.75, 3.05) is 13.1 Å². The van der Waals surface area contributed by atoms with Crippen LogP contribution in [-0.4, -0.2) is 38.7 Å².